The summed E-state index contributed by atoms with van der Waals surface area (Å²) < 4.78 is 25.8. The first-order valence-corrected chi connectivity index (χ1v) is 6.89. The molecule has 1 aromatic rings. The molecule has 1 aromatic heterocycles. The van der Waals surface area contributed by atoms with Gasteiger partial charge in [0, 0.05) is 32.0 Å². The predicted molar refractivity (Wildman–Crippen MR) is 64.0 cm³/mol. The van der Waals surface area contributed by atoms with Crippen LogP contribution in [0.5, 0.6) is 0 Å². The zero-order valence-corrected chi connectivity index (χ0v) is 10.4. The molecule has 1 aliphatic rings. The highest BCUT2D eigenvalue weighted by Gasteiger charge is 2.36. The summed E-state index contributed by atoms with van der Waals surface area (Å²) in [5.41, 5.74) is 5.23. The van der Waals surface area contributed by atoms with Crippen molar-refractivity contribution < 1.29 is 13.2 Å². The summed E-state index contributed by atoms with van der Waals surface area (Å²) in [5.74, 6) is -0.658. The van der Waals surface area contributed by atoms with Crippen LogP contribution in [0.3, 0.4) is 0 Å². The van der Waals surface area contributed by atoms with E-state index in [1.54, 1.807) is 0 Å². The van der Waals surface area contributed by atoms with E-state index in [0.717, 1.165) is 4.31 Å². The maximum Gasteiger partial charge on any atom is 0.245 e. The lowest BCUT2D eigenvalue weighted by molar-refractivity contribution is -0.122. The summed E-state index contributed by atoms with van der Waals surface area (Å²) >= 11 is 0. The number of hydrogen-bond acceptors (Lipinski definition) is 5. The Labute approximate surface area is 105 Å². The number of carbonyl (C=O) groups is 1. The van der Waals surface area contributed by atoms with Crippen LogP contribution in [0.25, 0.3) is 0 Å². The van der Waals surface area contributed by atoms with E-state index in [4.69, 9.17) is 5.73 Å². The lowest BCUT2D eigenvalue weighted by Crippen LogP contribution is -2.58. The third-order valence-electron chi connectivity index (χ3n) is 2.76. The molecular weight excluding hydrogens is 256 g/mol. The molecule has 0 radical (unpaired) electrons. The molecule has 2 rings (SSSR count). The molecule has 0 spiro atoms. The first-order chi connectivity index (χ1) is 8.53. The van der Waals surface area contributed by atoms with Gasteiger partial charge in [0.15, 0.2) is 0 Å². The van der Waals surface area contributed by atoms with Gasteiger partial charge in [-0.05, 0) is 12.1 Å². The SMILES string of the molecule is NC(=O)C1CNCCN1S(=O)(=O)c1cccnc1. The lowest BCUT2D eigenvalue weighted by Gasteiger charge is -2.32. The van der Waals surface area contributed by atoms with Crippen molar-refractivity contribution in [3.63, 3.8) is 0 Å². The molecule has 8 heteroatoms. The van der Waals surface area contributed by atoms with Crippen molar-refractivity contribution in [2.24, 2.45) is 5.73 Å². The van der Waals surface area contributed by atoms with Crippen LogP contribution in [0.15, 0.2) is 29.4 Å². The second-order valence-corrected chi connectivity index (χ2v) is 5.82. The molecule has 1 amide bonds. The Balaban J connectivity index is 2.36. The Morgan fingerprint density at radius 1 is 1.56 bits per heavy atom. The van der Waals surface area contributed by atoms with Gasteiger partial charge >= 0.3 is 0 Å². The van der Waals surface area contributed by atoms with Crippen LogP contribution in [0.4, 0.5) is 0 Å². The van der Waals surface area contributed by atoms with E-state index in [9.17, 15) is 13.2 Å². The highest BCUT2D eigenvalue weighted by molar-refractivity contribution is 7.89. The maximum absolute atomic E-state index is 12.4. The normalized spacial score (nSPS) is 21.7. The molecule has 18 heavy (non-hydrogen) atoms. The molecule has 0 bridgehead atoms. The van der Waals surface area contributed by atoms with E-state index in [0.29, 0.717) is 6.54 Å². The Hall–Kier alpha value is -1.51. The number of piperazine rings is 1. The fourth-order valence-corrected chi connectivity index (χ4v) is 3.41. The van der Waals surface area contributed by atoms with Crippen molar-refractivity contribution >= 4 is 15.9 Å². The van der Waals surface area contributed by atoms with Crippen LogP contribution >= 0.6 is 0 Å². The van der Waals surface area contributed by atoms with Gasteiger partial charge in [-0.3, -0.25) is 9.78 Å². The first-order valence-electron chi connectivity index (χ1n) is 5.45. The Morgan fingerprint density at radius 3 is 2.94 bits per heavy atom. The molecule has 1 fully saturated rings. The van der Waals surface area contributed by atoms with Crippen molar-refractivity contribution in [1.82, 2.24) is 14.6 Å². The Kier molecular flexibility index (Phi) is 3.60. The molecule has 0 aliphatic carbocycles. The van der Waals surface area contributed by atoms with Gasteiger partial charge in [-0.15, -0.1) is 0 Å². The summed E-state index contributed by atoms with van der Waals surface area (Å²) in [5, 5.41) is 2.95. The fraction of sp³-hybridized carbons (Fsp3) is 0.400. The van der Waals surface area contributed by atoms with E-state index in [1.807, 2.05) is 0 Å². The monoisotopic (exact) mass is 270 g/mol. The average molecular weight is 270 g/mol. The smallest absolute Gasteiger partial charge is 0.245 e. The van der Waals surface area contributed by atoms with Crippen LogP contribution in [-0.2, 0) is 14.8 Å². The van der Waals surface area contributed by atoms with Crippen LogP contribution in [0, 0.1) is 0 Å². The van der Waals surface area contributed by atoms with Gasteiger partial charge in [0.05, 0.1) is 0 Å². The number of nitrogens with two attached hydrogens (primary N) is 1. The largest absolute Gasteiger partial charge is 0.368 e. The van der Waals surface area contributed by atoms with Gasteiger partial charge in [-0.1, -0.05) is 0 Å². The highest BCUT2D eigenvalue weighted by atomic mass is 32.2. The quantitative estimate of drug-likeness (QED) is 0.697. The maximum atomic E-state index is 12.4. The predicted octanol–water partition coefficient (Wildman–Crippen LogP) is -1.47. The first kappa shape index (κ1) is 12.9. The number of nitrogens with one attached hydrogen (secondary N) is 1. The number of nitrogens with zero attached hydrogens (tertiary/aromatic N) is 2. The number of hydrogen-bond donors (Lipinski definition) is 2. The second kappa shape index (κ2) is 5.01. The van der Waals surface area contributed by atoms with Crippen molar-refractivity contribution in [3.8, 4) is 0 Å². The van der Waals surface area contributed by atoms with Gasteiger partial charge in [0.25, 0.3) is 0 Å². The molecule has 3 N–H and O–H groups in total. The van der Waals surface area contributed by atoms with Crippen LogP contribution in [0.1, 0.15) is 0 Å². The summed E-state index contributed by atoms with van der Waals surface area (Å²) in [6.07, 6.45) is 2.75. The minimum Gasteiger partial charge on any atom is -0.368 e. The molecule has 1 atom stereocenters. The standard InChI is InChI=1S/C10H14N4O3S/c11-10(15)9-7-13-4-5-14(9)18(16,17)8-2-1-3-12-6-8/h1-3,6,9,13H,4-5,7H2,(H2,11,15). The van der Waals surface area contributed by atoms with Gasteiger partial charge in [0.2, 0.25) is 15.9 Å². The zero-order valence-electron chi connectivity index (χ0n) is 9.61. The molecule has 1 saturated heterocycles. The molecule has 0 aromatic carbocycles. The molecule has 1 aliphatic heterocycles. The minimum absolute atomic E-state index is 0.0677. The zero-order chi connectivity index (χ0) is 13.2. The van der Waals surface area contributed by atoms with Gasteiger partial charge in [0.1, 0.15) is 10.9 Å². The van der Waals surface area contributed by atoms with Gasteiger partial charge in [-0.25, -0.2) is 8.42 Å². The lowest BCUT2D eigenvalue weighted by atomic mass is 10.2. The topological polar surface area (TPSA) is 105 Å². The number of aromatic nitrogens is 1. The molecule has 7 nitrogen and oxygen atoms in total. The number of rotatable bonds is 3. The number of sulfonamides is 1. The molecule has 98 valence electrons. The van der Waals surface area contributed by atoms with Crippen molar-refractivity contribution in [2.75, 3.05) is 19.6 Å². The van der Waals surface area contributed by atoms with E-state index < -0.39 is 22.0 Å². The molecular formula is C10H14N4O3S. The molecule has 0 saturated carbocycles. The van der Waals surface area contributed by atoms with Gasteiger partial charge in [-0.2, -0.15) is 4.31 Å². The minimum atomic E-state index is -3.73. The number of primary amides is 1. The van der Waals surface area contributed by atoms with E-state index in [-0.39, 0.29) is 18.0 Å². The van der Waals surface area contributed by atoms with Crippen LogP contribution < -0.4 is 11.1 Å². The second-order valence-electron chi connectivity index (χ2n) is 3.93. The third kappa shape index (κ3) is 2.35. The summed E-state index contributed by atoms with van der Waals surface area (Å²) in [6.45, 7) is 0.933. The Morgan fingerprint density at radius 2 is 2.33 bits per heavy atom. The van der Waals surface area contributed by atoms with E-state index in [2.05, 4.69) is 10.3 Å². The summed E-state index contributed by atoms with van der Waals surface area (Å²) in [4.78, 5) is 15.1. The molecule has 1 unspecified atom stereocenters. The van der Waals surface area contributed by atoms with Crippen LogP contribution in [0.2, 0.25) is 0 Å². The average Bonchev–Trinajstić information content (AvgIpc) is 2.39. The van der Waals surface area contributed by atoms with E-state index in [1.165, 1.54) is 24.5 Å². The third-order valence-corrected chi connectivity index (χ3v) is 4.66. The van der Waals surface area contributed by atoms with Crippen molar-refractivity contribution in [3.05, 3.63) is 24.5 Å². The number of pyridine rings is 1. The van der Waals surface area contributed by atoms with Crippen molar-refractivity contribution in [1.29, 1.82) is 0 Å². The Bertz CT molecular complexity index is 531. The fourth-order valence-electron chi connectivity index (χ4n) is 1.85. The summed E-state index contributed by atoms with van der Waals surface area (Å²) in [7, 11) is -3.73. The summed E-state index contributed by atoms with van der Waals surface area (Å²) in [6, 6.07) is 2.13. The van der Waals surface area contributed by atoms with Crippen molar-refractivity contribution in [2.45, 2.75) is 10.9 Å². The van der Waals surface area contributed by atoms with Crippen LogP contribution in [-0.4, -0.2) is 49.3 Å². The van der Waals surface area contributed by atoms with Gasteiger partial charge < -0.3 is 11.1 Å². The molecule has 2 heterocycles. The van der Waals surface area contributed by atoms with E-state index >= 15 is 0 Å². The number of amides is 1. The highest BCUT2D eigenvalue weighted by Crippen LogP contribution is 2.18. The number of carbonyl (C=O) groups excluding carboxylic acids is 1.